The summed E-state index contributed by atoms with van der Waals surface area (Å²) in [4.78, 5) is 14.7. The van der Waals surface area contributed by atoms with Crippen LogP contribution in [0.3, 0.4) is 0 Å². The van der Waals surface area contributed by atoms with Crippen molar-refractivity contribution in [3.8, 4) is 5.75 Å². The molecule has 4 rings (SSSR count). The molecule has 1 amide bonds. The standard InChI is InChI=1S/C17H22N2O2.ClH/c18-14-6-3-5-12-9-19(10-13(12)14)17(20)16-8-11-4-1-2-7-15(11)21-16;/h1-2,4,7,12-14,16H,3,5-6,8-10,18H2;1H. The maximum Gasteiger partial charge on any atom is 0.264 e. The number of benzene rings is 1. The van der Waals surface area contributed by atoms with Crippen LogP contribution < -0.4 is 10.5 Å². The van der Waals surface area contributed by atoms with Crippen molar-refractivity contribution in [3.05, 3.63) is 29.8 Å². The van der Waals surface area contributed by atoms with Gasteiger partial charge in [-0.3, -0.25) is 4.79 Å². The van der Waals surface area contributed by atoms with Crippen LogP contribution in [0, 0.1) is 11.8 Å². The second-order valence-electron chi connectivity index (χ2n) is 6.68. The summed E-state index contributed by atoms with van der Waals surface area (Å²) in [6, 6.07) is 8.21. The van der Waals surface area contributed by atoms with Gasteiger partial charge in [0.15, 0.2) is 6.10 Å². The number of nitrogens with two attached hydrogens (primary N) is 1. The summed E-state index contributed by atoms with van der Waals surface area (Å²) in [6.07, 6.45) is 3.89. The molecule has 2 heterocycles. The maximum absolute atomic E-state index is 12.7. The molecular formula is C17H23ClN2O2. The molecule has 5 heteroatoms. The first-order valence-corrected chi connectivity index (χ1v) is 8.01. The van der Waals surface area contributed by atoms with Gasteiger partial charge in [-0.2, -0.15) is 0 Å². The summed E-state index contributed by atoms with van der Waals surface area (Å²) in [6.45, 7) is 1.69. The molecule has 2 fully saturated rings. The Balaban J connectivity index is 0.00000144. The van der Waals surface area contributed by atoms with Gasteiger partial charge in [-0.1, -0.05) is 24.6 Å². The largest absolute Gasteiger partial charge is 0.480 e. The molecule has 1 aliphatic carbocycles. The first-order valence-electron chi connectivity index (χ1n) is 8.01. The van der Waals surface area contributed by atoms with Crippen LogP contribution >= 0.6 is 12.4 Å². The van der Waals surface area contributed by atoms with E-state index in [9.17, 15) is 4.79 Å². The first kappa shape index (κ1) is 15.6. The fourth-order valence-corrected chi connectivity index (χ4v) is 4.22. The van der Waals surface area contributed by atoms with E-state index in [4.69, 9.17) is 10.5 Å². The zero-order valence-corrected chi connectivity index (χ0v) is 13.4. The zero-order chi connectivity index (χ0) is 14.4. The Labute approximate surface area is 137 Å². The number of amides is 1. The normalized spacial score (nSPS) is 32.7. The van der Waals surface area contributed by atoms with Gasteiger partial charge in [0.1, 0.15) is 5.75 Å². The van der Waals surface area contributed by atoms with E-state index in [1.807, 2.05) is 29.2 Å². The van der Waals surface area contributed by atoms with E-state index in [0.29, 0.717) is 18.3 Å². The Kier molecular flexibility index (Phi) is 4.33. The van der Waals surface area contributed by atoms with E-state index in [-0.39, 0.29) is 30.5 Å². The first-order chi connectivity index (χ1) is 10.2. The minimum absolute atomic E-state index is 0. The molecule has 0 radical (unpaired) electrons. The number of nitrogens with zero attached hydrogens (tertiary/aromatic N) is 1. The van der Waals surface area contributed by atoms with Crippen molar-refractivity contribution in [2.45, 2.75) is 37.8 Å². The van der Waals surface area contributed by atoms with Gasteiger partial charge in [0.2, 0.25) is 0 Å². The Morgan fingerprint density at radius 1 is 1.23 bits per heavy atom. The van der Waals surface area contributed by atoms with Crippen LogP contribution in [0.2, 0.25) is 0 Å². The second-order valence-corrected chi connectivity index (χ2v) is 6.68. The highest BCUT2D eigenvalue weighted by Gasteiger charge is 2.43. The molecule has 2 N–H and O–H groups in total. The van der Waals surface area contributed by atoms with Gasteiger partial charge < -0.3 is 15.4 Å². The lowest BCUT2D eigenvalue weighted by Gasteiger charge is -2.29. The van der Waals surface area contributed by atoms with E-state index in [0.717, 1.165) is 30.8 Å². The van der Waals surface area contributed by atoms with Crippen LogP contribution in [0.5, 0.6) is 5.75 Å². The number of fused-ring (bicyclic) bond motifs is 2. The zero-order valence-electron chi connectivity index (χ0n) is 12.6. The lowest BCUT2D eigenvalue weighted by atomic mass is 9.78. The van der Waals surface area contributed by atoms with Crippen LogP contribution in [0.1, 0.15) is 24.8 Å². The number of hydrogen-bond acceptors (Lipinski definition) is 3. The molecule has 1 aromatic carbocycles. The topological polar surface area (TPSA) is 55.6 Å². The summed E-state index contributed by atoms with van der Waals surface area (Å²) >= 11 is 0. The van der Waals surface area contributed by atoms with Crippen molar-refractivity contribution in [3.63, 3.8) is 0 Å². The van der Waals surface area contributed by atoms with Crippen molar-refractivity contribution in [1.29, 1.82) is 0 Å². The van der Waals surface area contributed by atoms with Crippen molar-refractivity contribution in [2.24, 2.45) is 17.6 Å². The highest BCUT2D eigenvalue weighted by atomic mass is 35.5. The van der Waals surface area contributed by atoms with Crippen LogP contribution in [-0.4, -0.2) is 36.0 Å². The SMILES string of the molecule is Cl.NC1CCCC2CN(C(=O)C3Cc4ccccc4O3)CC12. The molecule has 120 valence electrons. The highest BCUT2D eigenvalue weighted by molar-refractivity contribution is 5.85. The van der Waals surface area contributed by atoms with Crippen LogP contribution in [0.15, 0.2) is 24.3 Å². The van der Waals surface area contributed by atoms with Gasteiger partial charge in [-0.15, -0.1) is 12.4 Å². The minimum atomic E-state index is -0.334. The molecule has 1 saturated carbocycles. The number of halogens is 1. The smallest absolute Gasteiger partial charge is 0.264 e. The molecule has 1 aromatic rings. The van der Waals surface area contributed by atoms with E-state index < -0.39 is 0 Å². The van der Waals surface area contributed by atoms with E-state index in [1.165, 1.54) is 12.8 Å². The lowest BCUT2D eigenvalue weighted by Crippen LogP contribution is -2.41. The van der Waals surface area contributed by atoms with Crippen molar-refractivity contribution >= 4 is 18.3 Å². The molecule has 0 aromatic heterocycles. The van der Waals surface area contributed by atoms with Gasteiger partial charge in [0, 0.05) is 25.6 Å². The van der Waals surface area contributed by atoms with Gasteiger partial charge in [-0.25, -0.2) is 0 Å². The third kappa shape index (κ3) is 2.59. The lowest BCUT2D eigenvalue weighted by molar-refractivity contribution is -0.137. The summed E-state index contributed by atoms with van der Waals surface area (Å²) in [5.41, 5.74) is 7.38. The van der Waals surface area contributed by atoms with E-state index >= 15 is 0 Å². The quantitative estimate of drug-likeness (QED) is 0.860. The predicted molar refractivity (Wildman–Crippen MR) is 87.2 cm³/mol. The number of para-hydroxylation sites is 1. The average Bonchev–Trinajstić information content (AvgIpc) is 3.11. The fraction of sp³-hybridized carbons (Fsp3) is 0.588. The maximum atomic E-state index is 12.7. The number of carbonyl (C=O) groups excluding carboxylic acids is 1. The van der Waals surface area contributed by atoms with Crippen LogP contribution in [0.4, 0.5) is 0 Å². The Morgan fingerprint density at radius 2 is 2.05 bits per heavy atom. The second kappa shape index (κ2) is 6.09. The average molecular weight is 323 g/mol. The van der Waals surface area contributed by atoms with Gasteiger partial charge in [0.05, 0.1) is 0 Å². The molecule has 3 aliphatic rings. The molecule has 4 atom stereocenters. The molecule has 22 heavy (non-hydrogen) atoms. The molecule has 4 nitrogen and oxygen atoms in total. The van der Waals surface area contributed by atoms with Gasteiger partial charge >= 0.3 is 0 Å². The number of rotatable bonds is 1. The minimum Gasteiger partial charge on any atom is -0.480 e. The third-order valence-corrected chi connectivity index (χ3v) is 5.39. The van der Waals surface area contributed by atoms with E-state index in [2.05, 4.69) is 0 Å². The highest BCUT2D eigenvalue weighted by Crippen LogP contribution is 2.37. The summed E-state index contributed by atoms with van der Waals surface area (Å²) in [7, 11) is 0. The van der Waals surface area contributed by atoms with Crippen LogP contribution in [0.25, 0.3) is 0 Å². The monoisotopic (exact) mass is 322 g/mol. The van der Waals surface area contributed by atoms with Gasteiger partial charge in [-0.05, 0) is 36.3 Å². The fourth-order valence-electron chi connectivity index (χ4n) is 4.22. The molecular weight excluding hydrogens is 300 g/mol. The molecule has 2 aliphatic heterocycles. The summed E-state index contributed by atoms with van der Waals surface area (Å²) < 4.78 is 5.84. The Bertz CT molecular complexity index is 540. The van der Waals surface area contributed by atoms with Crippen molar-refractivity contribution < 1.29 is 9.53 Å². The van der Waals surface area contributed by atoms with Gasteiger partial charge in [0.25, 0.3) is 5.91 Å². The molecule has 0 spiro atoms. The van der Waals surface area contributed by atoms with Crippen molar-refractivity contribution in [1.82, 2.24) is 4.90 Å². The Morgan fingerprint density at radius 3 is 2.82 bits per heavy atom. The molecule has 0 bridgehead atoms. The van der Waals surface area contributed by atoms with E-state index in [1.54, 1.807) is 0 Å². The Hall–Kier alpha value is -1.26. The summed E-state index contributed by atoms with van der Waals surface area (Å²) in [5, 5.41) is 0. The number of ether oxygens (including phenoxy) is 1. The number of hydrogen-bond donors (Lipinski definition) is 1. The third-order valence-electron chi connectivity index (χ3n) is 5.39. The molecule has 4 unspecified atom stereocenters. The van der Waals surface area contributed by atoms with Crippen LogP contribution in [-0.2, 0) is 11.2 Å². The molecule has 1 saturated heterocycles. The predicted octanol–water partition coefficient (Wildman–Crippen LogP) is 2.00. The number of likely N-dealkylation sites (tertiary alicyclic amines) is 1. The summed E-state index contributed by atoms with van der Waals surface area (Å²) in [5.74, 6) is 2.10. The number of carbonyl (C=O) groups is 1. The van der Waals surface area contributed by atoms with Crippen molar-refractivity contribution in [2.75, 3.05) is 13.1 Å².